The van der Waals surface area contributed by atoms with Gasteiger partial charge in [-0.1, -0.05) is 202 Å². The largest absolute Gasteiger partial charge is 0.311 e. The molecule has 0 saturated heterocycles. The van der Waals surface area contributed by atoms with Gasteiger partial charge in [0.2, 0.25) is 0 Å². The minimum atomic E-state index is -2.84. The zero-order valence-electron chi connectivity index (χ0n) is 33.3. The molecule has 0 fully saturated rings. The number of rotatable bonds is 7. The molecule has 59 heavy (non-hydrogen) atoms. The first kappa shape index (κ1) is 35.2. The van der Waals surface area contributed by atoms with Gasteiger partial charge in [0.15, 0.2) is 8.07 Å². The molecule has 2 heteroatoms. The van der Waals surface area contributed by atoms with Gasteiger partial charge in [0, 0.05) is 22.5 Å². The van der Waals surface area contributed by atoms with E-state index in [0.717, 1.165) is 11.4 Å². The quantitative estimate of drug-likeness (QED) is 0.146. The van der Waals surface area contributed by atoms with Gasteiger partial charge in [-0.3, -0.25) is 0 Å². The van der Waals surface area contributed by atoms with Crippen LogP contribution in [-0.4, -0.2) is 8.07 Å². The Morgan fingerprint density at radius 1 is 0.356 bits per heavy atom. The van der Waals surface area contributed by atoms with Crippen LogP contribution >= 0.6 is 0 Å². The highest BCUT2D eigenvalue weighted by molar-refractivity contribution is 7.22. The summed E-state index contributed by atoms with van der Waals surface area (Å²) in [5, 5.41) is 5.66. The van der Waals surface area contributed by atoms with E-state index in [1.165, 1.54) is 82.1 Å². The molecule has 280 valence electrons. The average Bonchev–Trinajstić information content (AvgIpc) is 3.74. The fourth-order valence-electron chi connectivity index (χ4n) is 10.2. The van der Waals surface area contributed by atoms with E-state index in [0.29, 0.717) is 0 Å². The van der Waals surface area contributed by atoms with Gasteiger partial charge in [0.05, 0.1) is 0 Å². The molecule has 2 aliphatic rings. The lowest BCUT2D eigenvalue weighted by atomic mass is 9.81. The smallest absolute Gasteiger partial charge is 0.183 e. The molecule has 0 spiro atoms. The number of anilines is 3. The molecule has 0 unspecified atom stereocenters. The van der Waals surface area contributed by atoms with E-state index < -0.39 is 8.07 Å². The molecule has 11 rings (SSSR count). The van der Waals surface area contributed by atoms with Crippen LogP contribution in [0.3, 0.4) is 0 Å². The Labute approximate surface area is 348 Å². The van der Waals surface area contributed by atoms with Crippen molar-refractivity contribution >= 4 is 45.9 Å². The Morgan fingerprint density at radius 2 is 0.831 bits per heavy atom. The first-order valence-corrected chi connectivity index (χ1v) is 22.7. The van der Waals surface area contributed by atoms with Crippen LogP contribution in [0.15, 0.2) is 224 Å². The van der Waals surface area contributed by atoms with Crippen molar-refractivity contribution in [3.63, 3.8) is 0 Å². The Bertz CT molecular complexity index is 2950. The summed E-state index contributed by atoms with van der Waals surface area (Å²) < 4.78 is 0. The molecule has 0 saturated carbocycles. The van der Waals surface area contributed by atoms with Crippen molar-refractivity contribution in [1.82, 2.24) is 0 Å². The van der Waals surface area contributed by atoms with Gasteiger partial charge in [-0.2, -0.15) is 0 Å². The fourth-order valence-corrected chi connectivity index (χ4v) is 15.6. The van der Waals surface area contributed by atoms with Crippen molar-refractivity contribution in [1.29, 1.82) is 0 Å². The Balaban J connectivity index is 1.16. The van der Waals surface area contributed by atoms with Crippen LogP contribution in [0.2, 0.25) is 0 Å². The predicted molar refractivity (Wildman–Crippen MR) is 252 cm³/mol. The van der Waals surface area contributed by atoms with Crippen LogP contribution in [0, 0.1) is 0 Å². The molecule has 9 aromatic carbocycles. The first-order chi connectivity index (χ1) is 29.0. The van der Waals surface area contributed by atoms with Crippen LogP contribution in [0.1, 0.15) is 25.0 Å². The van der Waals surface area contributed by atoms with Crippen LogP contribution in [0.4, 0.5) is 17.1 Å². The first-order valence-electron chi connectivity index (χ1n) is 20.7. The maximum absolute atomic E-state index is 2.84. The van der Waals surface area contributed by atoms with E-state index in [1.54, 1.807) is 0 Å². The van der Waals surface area contributed by atoms with Gasteiger partial charge < -0.3 is 4.90 Å². The summed E-state index contributed by atoms with van der Waals surface area (Å²) in [6.45, 7) is 4.80. The third kappa shape index (κ3) is 5.44. The van der Waals surface area contributed by atoms with E-state index in [-0.39, 0.29) is 5.41 Å². The molecule has 0 bridgehead atoms. The standard InChI is InChI=1S/C57H43NSi/c1-57(2)52-38-43(41-20-9-4-10-21-41)32-36-48(52)49-37-35-45(39-53(49)57)58(44-33-30-42(31-34-44)40-18-7-3-8-19-40)54-28-17-27-51-50-26-15-16-29-55(50)59(56(51)54,46-22-11-5-12-23-46)47-24-13-6-14-25-47/h3-39H,1-2H3. The van der Waals surface area contributed by atoms with Gasteiger partial charge in [0.1, 0.15) is 0 Å². The normalized spacial score (nSPS) is 13.9. The van der Waals surface area contributed by atoms with Gasteiger partial charge in [-0.15, -0.1) is 0 Å². The van der Waals surface area contributed by atoms with Crippen molar-refractivity contribution < 1.29 is 0 Å². The second kappa shape index (κ2) is 13.8. The van der Waals surface area contributed by atoms with Crippen molar-refractivity contribution in [2.75, 3.05) is 4.90 Å². The molecular weight excluding hydrogens is 727 g/mol. The maximum atomic E-state index is 2.56. The summed E-state index contributed by atoms with van der Waals surface area (Å²) in [5.74, 6) is 0. The van der Waals surface area contributed by atoms with Crippen LogP contribution in [0.5, 0.6) is 0 Å². The summed E-state index contributed by atoms with van der Waals surface area (Å²) in [6.07, 6.45) is 0. The van der Waals surface area contributed by atoms with E-state index in [1.807, 2.05) is 0 Å². The van der Waals surface area contributed by atoms with Gasteiger partial charge >= 0.3 is 0 Å². The molecule has 0 amide bonds. The lowest BCUT2D eigenvalue weighted by Crippen LogP contribution is -2.73. The fraction of sp³-hybridized carbons (Fsp3) is 0.0526. The molecule has 1 heterocycles. The van der Waals surface area contributed by atoms with E-state index in [9.17, 15) is 0 Å². The topological polar surface area (TPSA) is 3.24 Å². The van der Waals surface area contributed by atoms with E-state index in [2.05, 4.69) is 243 Å². The van der Waals surface area contributed by atoms with Gasteiger partial charge in [0.25, 0.3) is 0 Å². The highest BCUT2D eigenvalue weighted by Gasteiger charge is 2.50. The molecule has 0 N–H and O–H groups in total. The monoisotopic (exact) mass is 769 g/mol. The number of hydrogen-bond acceptors (Lipinski definition) is 1. The summed E-state index contributed by atoms with van der Waals surface area (Å²) in [5.41, 5.74) is 16.3. The third-order valence-electron chi connectivity index (χ3n) is 13.0. The van der Waals surface area contributed by atoms with Crippen molar-refractivity contribution in [2.24, 2.45) is 0 Å². The molecule has 9 aromatic rings. The molecule has 0 aromatic heterocycles. The van der Waals surface area contributed by atoms with Crippen molar-refractivity contribution in [3.8, 4) is 44.5 Å². The van der Waals surface area contributed by atoms with Crippen molar-refractivity contribution in [2.45, 2.75) is 19.3 Å². The summed E-state index contributed by atoms with van der Waals surface area (Å²) in [7, 11) is -2.84. The predicted octanol–water partition coefficient (Wildman–Crippen LogP) is 12.2. The second-order valence-corrected chi connectivity index (χ2v) is 20.2. The van der Waals surface area contributed by atoms with E-state index >= 15 is 0 Å². The maximum Gasteiger partial charge on any atom is 0.183 e. The lowest BCUT2D eigenvalue weighted by Gasteiger charge is -2.36. The molecule has 0 radical (unpaired) electrons. The molecule has 1 aliphatic carbocycles. The van der Waals surface area contributed by atoms with Gasteiger partial charge in [-0.25, -0.2) is 0 Å². The SMILES string of the molecule is CC1(C)c2cc(-c3ccccc3)ccc2-c2ccc(N(c3ccc(-c4ccccc4)cc3)c3cccc4c3[Si](c3ccccc3)(c3ccccc3)c3ccccc3-4)cc21. The summed E-state index contributed by atoms with van der Waals surface area (Å²) >= 11 is 0. The third-order valence-corrected chi connectivity index (χ3v) is 17.9. The number of benzene rings is 9. The Kier molecular flexibility index (Phi) is 8.25. The number of fused-ring (bicyclic) bond motifs is 6. The highest BCUT2D eigenvalue weighted by Crippen LogP contribution is 2.52. The molecular formula is C57H43NSi. The minimum Gasteiger partial charge on any atom is -0.311 e. The zero-order chi connectivity index (χ0) is 39.6. The highest BCUT2D eigenvalue weighted by atomic mass is 28.3. The van der Waals surface area contributed by atoms with Crippen LogP contribution < -0.4 is 25.6 Å². The van der Waals surface area contributed by atoms with Crippen LogP contribution in [-0.2, 0) is 5.41 Å². The minimum absolute atomic E-state index is 0.199. The summed E-state index contributed by atoms with van der Waals surface area (Å²) in [4.78, 5) is 2.56. The second-order valence-electron chi connectivity index (χ2n) is 16.5. The number of hydrogen-bond donors (Lipinski definition) is 0. The Hall–Kier alpha value is -7.00. The van der Waals surface area contributed by atoms with E-state index in [4.69, 9.17) is 0 Å². The average molecular weight is 770 g/mol. The summed E-state index contributed by atoms with van der Waals surface area (Å²) in [6, 6.07) is 83.8. The zero-order valence-corrected chi connectivity index (χ0v) is 34.3. The number of nitrogens with zero attached hydrogens (tertiary/aromatic N) is 1. The van der Waals surface area contributed by atoms with Crippen molar-refractivity contribution in [3.05, 3.63) is 236 Å². The molecule has 1 nitrogen and oxygen atoms in total. The molecule has 1 aliphatic heterocycles. The Morgan fingerprint density at radius 3 is 1.47 bits per heavy atom. The van der Waals surface area contributed by atoms with Crippen LogP contribution in [0.25, 0.3) is 44.5 Å². The van der Waals surface area contributed by atoms with Gasteiger partial charge in [-0.05, 0) is 113 Å². The lowest BCUT2D eigenvalue weighted by molar-refractivity contribution is 0.660. The molecule has 0 atom stereocenters.